The van der Waals surface area contributed by atoms with Gasteiger partial charge in [-0.2, -0.15) is 0 Å². The Morgan fingerprint density at radius 2 is 2.00 bits per heavy atom. The first kappa shape index (κ1) is 17.4. The summed E-state index contributed by atoms with van der Waals surface area (Å²) >= 11 is 1.41. The van der Waals surface area contributed by atoms with Crippen LogP contribution in [0.5, 0.6) is 0 Å². The Balaban J connectivity index is 1.74. The number of hydrogen-bond donors (Lipinski definition) is 1. The summed E-state index contributed by atoms with van der Waals surface area (Å²) in [6, 6.07) is 12.2. The Kier molecular flexibility index (Phi) is 5.31. The molecule has 3 rings (SSSR count). The van der Waals surface area contributed by atoms with E-state index in [1.807, 2.05) is 65.6 Å². The van der Waals surface area contributed by atoms with Crippen molar-refractivity contribution < 1.29 is 9.18 Å². The molecular formula is C19H20FN3OS. The average Bonchev–Trinajstić information content (AvgIpc) is 3.25. The first-order chi connectivity index (χ1) is 12.1. The van der Waals surface area contributed by atoms with Crippen LogP contribution in [0.2, 0.25) is 0 Å². The second kappa shape index (κ2) is 7.63. The van der Waals surface area contributed by atoms with Crippen molar-refractivity contribution in [3.8, 4) is 5.69 Å². The maximum absolute atomic E-state index is 13.5. The third-order valence-electron chi connectivity index (χ3n) is 4.05. The predicted octanol–water partition coefficient (Wildman–Crippen LogP) is 3.71. The standard InChI is InChI=1S/C19H20FN3OS/c1-22(2)17(14-6-5-7-15(20)12-14)13-21-19(24)18-16(8-11-25-18)23-9-3-4-10-23/h3-12,17H,13H2,1-2H3,(H,21,24). The molecule has 0 spiro atoms. The number of nitrogens with one attached hydrogen (secondary N) is 1. The number of benzene rings is 1. The predicted molar refractivity (Wildman–Crippen MR) is 98.8 cm³/mol. The molecule has 1 amide bonds. The molecule has 0 radical (unpaired) electrons. The van der Waals surface area contributed by atoms with E-state index in [4.69, 9.17) is 0 Å². The molecule has 1 aromatic carbocycles. The van der Waals surface area contributed by atoms with Crippen LogP contribution in [0.4, 0.5) is 4.39 Å². The Bertz CT molecular complexity index is 842. The van der Waals surface area contributed by atoms with Gasteiger partial charge in [0.1, 0.15) is 10.7 Å². The van der Waals surface area contributed by atoms with Crippen LogP contribution in [-0.4, -0.2) is 36.0 Å². The van der Waals surface area contributed by atoms with E-state index >= 15 is 0 Å². The molecule has 0 fully saturated rings. The summed E-state index contributed by atoms with van der Waals surface area (Å²) in [5.74, 6) is -0.397. The van der Waals surface area contributed by atoms with Gasteiger partial charge in [0.15, 0.2) is 0 Å². The average molecular weight is 357 g/mol. The number of hydrogen-bond acceptors (Lipinski definition) is 3. The normalized spacial score (nSPS) is 12.3. The van der Waals surface area contributed by atoms with E-state index < -0.39 is 0 Å². The Morgan fingerprint density at radius 1 is 1.24 bits per heavy atom. The lowest BCUT2D eigenvalue weighted by Crippen LogP contribution is -2.34. The molecule has 130 valence electrons. The molecule has 2 aromatic heterocycles. The van der Waals surface area contributed by atoms with E-state index in [1.54, 1.807) is 6.07 Å². The smallest absolute Gasteiger partial charge is 0.263 e. The third-order valence-corrected chi connectivity index (χ3v) is 4.95. The Labute approximate surface area is 150 Å². The van der Waals surface area contributed by atoms with E-state index in [0.29, 0.717) is 11.4 Å². The van der Waals surface area contributed by atoms with Crippen molar-refractivity contribution in [2.75, 3.05) is 20.6 Å². The lowest BCUT2D eigenvalue weighted by Gasteiger charge is -2.25. The van der Waals surface area contributed by atoms with Gasteiger partial charge in [0.2, 0.25) is 0 Å². The second-order valence-electron chi connectivity index (χ2n) is 5.97. The second-order valence-corrected chi connectivity index (χ2v) is 6.89. The fraction of sp³-hybridized carbons (Fsp3) is 0.211. The molecule has 0 saturated carbocycles. The molecule has 6 heteroatoms. The minimum Gasteiger partial charge on any atom is -0.349 e. The van der Waals surface area contributed by atoms with Gasteiger partial charge in [0, 0.05) is 18.9 Å². The van der Waals surface area contributed by atoms with Crippen LogP contribution in [0.15, 0.2) is 60.2 Å². The van der Waals surface area contributed by atoms with Crippen molar-refractivity contribution in [2.24, 2.45) is 0 Å². The van der Waals surface area contributed by atoms with E-state index in [2.05, 4.69) is 5.32 Å². The zero-order chi connectivity index (χ0) is 17.8. The number of aromatic nitrogens is 1. The maximum Gasteiger partial charge on any atom is 0.263 e. The molecule has 0 aliphatic carbocycles. The monoisotopic (exact) mass is 357 g/mol. The highest BCUT2D eigenvalue weighted by molar-refractivity contribution is 7.12. The zero-order valence-corrected chi connectivity index (χ0v) is 15.0. The van der Waals surface area contributed by atoms with Crippen molar-refractivity contribution in [3.05, 3.63) is 76.5 Å². The first-order valence-electron chi connectivity index (χ1n) is 7.97. The maximum atomic E-state index is 13.5. The van der Waals surface area contributed by atoms with Crippen molar-refractivity contribution in [1.82, 2.24) is 14.8 Å². The molecule has 1 N–H and O–H groups in total. The summed E-state index contributed by atoms with van der Waals surface area (Å²) in [7, 11) is 3.83. The van der Waals surface area contributed by atoms with Gasteiger partial charge in [0.05, 0.1) is 11.7 Å². The van der Waals surface area contributed by atoms with E-state index in [-0.39, 0.29) is 17.8 Å². The molecule has 1 unspecified atom stereocenters. The van der Waals surface area contributed by atoms with Crippen molar-refractivity contribution >= 4 is 17.2 Å². The van der Waals surface area contributed by atoms with E-state index in [9.17, 15) is 9.18 Å². The fourth-order valence-corrected chi connectivity index (χ4v) is 3.56. The number of carbonyl (C=O) groups excluding carboxylic acids is 1. The SMILES string of the molecule is CN(C)C(CNC(=O)c1sccc1-n1cccc1)c1cccc(F)c1. The number of carbonyl (C=O) groups is 1. The highest BCUT2D eigenvalue weighted by Crippen LogP contribution is 2.22. The summed E-state index contributed by atoms with van der Waals surface area (Å²) < 4.78 is 15.4. The van der Waals surface area contributed by atoms with Crippen LogP contribution in [0.3, 0.4) is 0 Å². The van der Waals surface area contributed by atoms with Gasteiger partial charge in [-0.15, -0.1) is 11.3 Å². The number of thiophene rings is 1. The topological polar surface area (TPSA) is 37.3 Å². The molecule has 25 heavy (non-hydrogen) atoms. The largest absolute Gasteiger partial charge is 0.349 e. The molecule has 0 saturated heterocycles. The highest BCUT2D eigenvalue weighted by Gasteiger charge is 2.19. The Hall–Kier alpha value is -2.44. The van der Waals surface area contributed by atoms with Gasteiger partial charge in [-0.3, -0.25) is 4.79 Å². The van der Waals surface area contributed by atoms with Crippen LogP contribution >= 0.6 is 11.3 Å². The number of likely N-dealkylation sites (N-methyl/N-ethyl adjacent to an activating group) is 1. The van der Waals surface area contributed by atoms with Gasteiger partial charge in [0.25, 0.3) is 5.91 Å². The summed E-state index contributed by atoms with van der Waals surface area (Å²) in [5, 5.41) is 4.88. The van der Waals surface area contributed by atoms with Gasteiger partial charge in [-0.1, -0.05) is 12.1 Å². The molecule has 0 aliphatic rings. The number of nitrogens with zero attached hydrogens (tertiary/aromatic N) is 2. The molecule has 2 heterocycles. The number of amides is 1. The lowest BCUT2D eigenvalue weighted by atomic mass is 10.1. The van der Waals surface area contributed by atoms with Crippen LogP contribution in [-0.2, 0) is 0 Å². The first-order valence-corrected chi connectivity index (χ1v) is 8.85. The van der Waals surface area contributed by atoms with Gasteiger partial charge in [-0.05, 0) is 55.4 Å². The quantitative estimate of drug-likeness (QED) is 0.730. The molecule has 0 aliphatic heterocycles. The van der Waals surface area contributed by atoms with E-state index in [1.165, 1.54) is 23.5 Å². The van der Waals surface area contributed by atoms with Crippen LogP contribution in [0.1, 0.15) is 21.3 Å². The molecule has 0 bridgehead atoms. The summed E-state index contributed by atoms with van der Waals surface area (Å²) in [4.78, 5) is 15.3. The van der Waals surface area contributed by atoms with Crippen molar-refractivity contribution in [1.29, 1.82) is 0 Å². The minimum atomic E-state index is -0.274. The fourth-order valence-electron chi connectivity index (χ4n) is 2.75. The van der Waals surface area contributed by atoms with Crippen LogP contribution in [0, 0.1) is 5.82 Å². The molecule has 4 nitrogen and oxygen atoms in total. The molecular weight excluding hydrogens is 337 g/mol. The van der Waals surface area contributed by atoms with Crippen LogP contribution < -0.4 is 5.32 Å². The highest BCUT2D eigenvalue weighted by atomic mass is 32.1. The summed E-state index contributed by atoms with van der Waals surface area (Å²) in [5.41, 5.74) is 1.70. The van der Waals surface area contributed by atoms with Crippen LogP contribution in [0.25, 0.3) is 5.69 Å². The van der Waals surface area contributed by atoms with Gasteiger partial charge < -0.3 is 14.8 Å². The Morgan fingerprint density at radius 3 is 2.68 bits per heavy atom. The summed E-state index contributed by atoms with van der Waals surface area (Å²) in [6.45, 7) is 0.401. The molecule has 1 atom stereocenters. The van der Waals surface area contributed by atoms with E-state index in [0.717, 1.165) is 11.3 Å². The lowest BCUT2D eigenvalue weighted by molar-refractivity contribution is 0.0946. The number of halogens is 1. The summed E-state index contributed by atoms with van der Waals surface area (Å²) in [6.07, 6.45) is 3.82. The van der Waals surface area contributed by atoms with Crippen molar-refractivity contribution in [2.45, 2.75) is 6.04 Å². The van der Waals surface area contributed by atoms with Gasteiger partial charge in [-0.25, -0.2) is 4.39 Å². The number of rotatable bonds is 6. The third kappa shape index (κ3) is 3.97. The minimum absolute atomic E-state index is 0.102. The zero-order valence-electron chi connectivity index (χ0n) is 14.1. The van der Waals surface area contributed by atoms with Gasteiger partial charge >= 0.3 is 0 Å². The van der Waals surface area contributed by atoms with Crippen molar-refractivity contribution in [3.63, 3.8) is 0 Å². The molecule has 3 aromatic rings.